The second-order valence-electron chi connectivity index (χ2n) is 8.29. The van der Waals surface area contributed by atoms with Crippen LogP contribution in [0.15, 0.2) is 10.8 Å². The Hall–Kier alpha value is -0.920. The molecule has 3 unspecified atom stereocenters. The van der Waals surface area contributed by atoms with E-state index in [1.807, 2.05) is 38.6 Å². The predicted molar refractivity (Wildman–Crippen MR) is 98.1 cm³/mol. The van der Waals surface area contributed by atoms with Crippen molar-refractivity contribution in [3.8, 4) is 0 Å². The lowest BCUT2D eigenvalue weighted by molar-refractivity contribution is -0.173. The summed E-state index contributed by atoms with van der Waals surface area (Å²) in [5.41, 5.74) is -1.04. The molecule has 0 spiro atoms. The van der Waals surface area contributed by atoms with Crippen LogP contribution in [0.25, 0.3) is 0 Å². The Bertz CT molecular complexity index is 640. The molecule has 1 aromatic heterocycles. The Morgan fingerprint density at radius 2 is 2.16 bits per heavy atom. The van der Waals surface area contributed by atoms with E-state index in [9.17, 15) is 4.79 Å². The SMILES string of the molecule is Cn1cc(Br)nc1C1(OCC(=O)OC(C)(C)C)CCC2CNCC2C1. The number of halogens is 1. The van der Waals surface area contributed by atoms with Gasteiger partial charge in [-0.3, -0.25) is 0 Å². The van der Waals surface area contributed by atoms with Gasteiger partial charge in [0.1, 0.15) is 28.2 Å². The minimum absolute atomic E-state index is 0.0490. The molecule has 1 aliphatic heterocycles. The molecule has 0 radical (unpaired) electrons. The highest BCUT2D eigenvalue weighted by molar-refractivity contribution is 9.10. The van der Waals surface area contributed by atoms with E-state index in [2.05, 4.69) is 26.2 Å². The number of aryl methyl sites for hydroxylation is 1. The highest BCUT2D eigenvalue weighted by atomic mass is 79.9. The Morgan fingerprint density at radius 1 is 1.44 bits per heavy atom. The van der Waals surface area contributed by atoms with Crippen LogP contribution in [0, 0.1) is 11.8 Å². The van der Waals surface area contributed by atoms with E-state index in [4.69, 9.17) is 9.47 Å². The summed E-state index contributed by atoms with van der Waals surface area (Å²) in [6, 6.07) is 0. The smallest absolute Gasteiger partial charge is 0.332 e. The van der Waals surface area contributed by atoms with Gasteiger partial charge in [0, 0.05) is 13.2 Å². The monoisotopic (exact) mass is 413 g/mol. The van der Waals surface area contributed by atoms with E-state index in [1.54, 1.807) is 0 Å². The third-order valence-electron chi connectivity index (χ3n) is 5.13. The number of nitrogens with zero attached hydrogens (tertiary/aromatic N) is 2. The van der Waals surface area contributed by atoms with Crippen molar-refractivity contribution in [2.24, 2.45) is 18.9 Å². The van der Waals surface area contributed by atoms with Crippen LogP contribution in [-0.2, 0) is 26.9 Å². The molecule has 7 heteroatoms. The summed E-state index contributed by atoms with van der Waals surface area (Å²) in [6.45, 7) is 7.64. The minimum atomic E-state index is -0.537. The summed E-state index contributed by atoms with van der Waals surface area (Å²) in [4.78, 5) is 16.9. The quantitative estimate of drug-likeness (QED) is 0.768. The number of nitrogens with one attached hydrogen (secondary N) is 1. The van der Waals surface area contributed by atoms with Crippen LogP contribution in [0.3, 0.4) is 0 Å². The van der Waals surface area contributed by atoms with Gasteiger partial charge in [-0.05, 0) is 80.9 Å². The molecule has 1 N–H and O–H groups in total. The second kappa shape index (κ2) is 7.00. The standard InChI is InChI=1S/C18H28BrN3O3/c1-17(2,3)25-15(23)11-24-18(16-21-14(19)10-22(16)4)6-5-12-8-20-9-13(12)7-18/h10,12-13,20H,5-9,11H2,1-4H3. The molecule has 1 saturated heterocycles. The van der Waals surface area contributed by atoms with Gasteiger partial charge in [0.2, 0.25) is 0 Å². The number of ether oxygens (including phenoxy) is 2. The van der Waals surface area contributed by atoms with Crippen molar-refractivity contribution in [1.29, 1.82) is 0 Å². The molecule has 1 aliphatic carbocycles. The van der Waals surface area contributed by atoms with Crippen LogP contribution in [-0.4, -0.2) is 40.8 Å². The van der Waals surface area contributed by atoms with E-state index < -0.39 is 11.2 Å². The fraction of sp³-hybridized carbons (Fsp3) is 0.778. The molecule has 0 bridgehead atoms. The third kappa shape index (κ3) is 4.26. The molecule has 2 heterocycles. The van der Waals surface area contributed by atoms with Gasteiger partial charge < -0.3 is 19.4 Å². The van der Waals surface area contributed by atoms with Crippen molar-refractivity contribution < 1.29 is 14.3 Å². The van der Waals surface area contributed by atoms with Crippen LogP contribution in [0.4, 0.5) is 0 Å². The van der Waals surface area contributed by atoms with Gasteiger partial charge in [-0.2, -0.15) is 0 Å². The highest BCUT2D eigenvalue weighted by Crippen LogP contribution is 2.46. The molecule has 1 saturated carbocycles. The molecule has 2 fully saturated rings. The van der Waals surface area contributed by atoms with Gasteiger partial charge in [0.05, 0.1) is 0 Å². The highest BCUT2D eigenvalue weighted by Gasteiger charge is 2.47. The lowest BCUT2D eigenvalue weighted by Gasteiger charge is -2.41. The lowest BCUT2D eigenvalue weighted by Crippen LogP contribution is -2.42. The number of imidazole rings is 1. The lowest BCUT2D eigenvalue weighted by atomic mass is 9.72. The van der Waals surface area contributed by atoms with E-state index in [1.165, 1.54) is 0 Å². The first-order valence-electron chi connectivity index (χ1n) is 8.94. The number of aromatic nitrogens is 2. The van der Waals surface area contributed by atoms with Crippen molar-refractivity contribution in [3.05, 3.63) is 16.6 Å². The Balaban J connectivity index is 1.80. The maximum atomic E-state index is 12.2. The topological polar surface area (TPSA) is 65.4 Å². The number of rotatable bonds is 4. The average molecular weight is 414 g/mol. The molecule has 1 aromatic rings. The van der Waals surface area contributed by atoms with Gasteiger partial charge >= 0.3 is 5.97 Å². The zero-order valence-electron chi connectivity index (χ0n) is 15.5. The van der Waals surface area contributed by atoms with Crippen LogP contribution in [0.1, 0.15) is 45.9 Å². The maximum Gasteiger partial charge on any atom is 0.332 e. The molecular formula is C18H28BrN3O3. The summed E-state index contributed by atoms with van der Waals surface area (Å²) >= 11 is 3.46. The predicted octanol–water partition coefficient (Wildman–Crippen LogP) is 2.76. The fourth-order valence-electron chi connectivity index (χ4n) is 4.13. The molecular weight excluding hydrogens is 386 g/mol. The molecule has 0 aromatic carbocycles. The van der Waals surface area contributed by atoms with Crippen LogP contribution < -0.4 is 5.32 Å². The van der Waals surface area contributed by atoms with Gasteiger partial charge in [-0.15, -0.1) is 0 Å². The van der Waals surface area contributed by atoms with Crippen molar-refractivity contribution in [1.82, 2.24) is 14.9 Å². The summed E-state index contributed by atoms with van der Waals surface area (Å²) in [7, 11) is 1.98. The van der Waals surface area contributed by atoms with Gasteiger partial charge in [-0.1, -0.05) is 0 Å². The molecule has 0 amide bonds. The molecule has 140 valence electrons. The van der Waals surface area contributed by atoms with Crippen molar-refractivity contribution >= 4 is 21.9 Å². The normalized spacial score (nSPS) is 29.5. The van der Waals surface area contributed by atoms with Gasteiger partial charge in [-0.25, -0.2) is 9.78 Å². The van der Waals surface area contributed by atoms with E-state index in [0.717, 1.165) is 42.8 Å². The molecule has 25 heavy (non-hydrogen) atoms. The summed E-state index contributed by atoms with van der Waals surface area (Å²) in [5.74, 6) is 1.81. The average Bonchev–Trinajstić information content (AvgIpc) is 3.09. The Kier molecular flexibility index (Phi) is 5.28. The summed E-state index contributed by atoms with van der Waals surface area (Å²) < 4.78 is 14.5. The number of esters is 1. The van der Waals surface area contributed by atoms with Gasteiger partial charge in [0.15, 0.2) is 0 Å². The zero-order valence-corrected chi connectivity index (χ0v) is 17.1. The largest absolute Gasteiger partial charge is 0.458 e. The zero-order chi connectivity index (χ0) is 18.2. The van der Waals surface area contributed by atoms with Crippen LogP contribution in [0.5, 0.6) is 0 Å². The van der Waals surface area contributed by atoms with E-state index in [-0.39, 0.29) is 12.6 Å². The van der Waals surface area contributed by atoms with Crippen LogP contribution >= 0.6 is 15.9 Å². The number of carbonyl (C=O) groups excluding carboxylic acids is 1. The molecule has 6 nitrogen and oxygen atoms in total. The van der Waals surface area contributed by atoms with E-state index in [0.29, 0.717) is 11.8 Å². The van der Waals surface area contributed by atoms with Crippen LogP contribution in [0.2, 0.25) is 0 Å². The van der Waals surface area contributed by atoms with Crippen molar-refractivity contribution in [2.45, 2.75) is 51.2 Å². The fourth-order valence-corrected chi connectivity index (χ4v) is 4.60. The minimum Gasteiger partial charge on any atom is -0.458 e. The van der Waals surface area contributed by atoms with Crippen molar-refractivity contribution in [2.75, 3.05) is 19.7 Å². The Labute approximate surface area is 157 Å². The number of carbonyl (C=O) groups is 1. The first-order valence-corrected chi connectivity index (χ1v) is 9.74. The maximum absolute atomic E-state index is 12.2. The number of fused-ring (bicyclic) bond motifs is 1. The molecule has 2 aliphatic rings. The molecule has 3 rings (SSSR count). The number of hydrogen-bond acceptors (Lipinski definition) is 5. The second-order valence-corrected chi connectivity index (χ2v) is 9.10. The summed E-state index contributed by atoms with van der Waals surface area (Å²) in [6.07, 6.45) is 4.77. The number of hydrogen-bond donors (Lipinski definition) is 1. The Morgan fingerprint density at radius 3 is 2.80 bits per heavy atom. The molecule has 3 atom stereocenters. The first-order chi connectivity index (χ1) is 11.7. The van der Waals surface area contributed by atoms with Gasteiger partial charge in [0.25, 0.3) is 0 Å². The first kappa shape index (κ1) is 18.9. The van der Waals surface area contributed by atoms with E-state index >= 15 is 0 Å². The third-order valence-corrected chi connectivity index (χ3v) is 5.51. The van der Waals surface area contributed by atoms with Crippen molar-refractivity contribution in [3.63, 3.8) is 0 Å². The summed E-state index contributed by atoms with van der Waals surface area (Å²) in [5, 5.41) is 3.49.